The molecule has 3 rings (SSSR count). The fourth-order valence-corrected chi connectivity index (χ4v) is 4.48. The summed E-state index contributed by atoms with van der Waals surface area (Å²) in [5, 5.41) is 21.2. The van der Waals surface area contributed by atoms with Gasteiger partial charge in [0.2, 0.25) is 5.91 Å². The summed E-state index contributed by atoms with van der Waals surface area (Å²) in [4.78, 5) is 25.6. The molecule has 24 heavy (non-hydrogen) atoms. The molecule has 3 heterocycles. The lowest BCUT2D eigenvalue weighted by atomic mass is 9.83. The standard InChI is InChI=1S/C17H20N2O4S/c1-9-6-11(4-5-18(9)3)8-24-13-7-12-14(10(2)20)16(21)19(12)15(13)17(22)23/h4-6,10,12,14,20H,7-8H2,1-3H3/t10-,12-,14-/m1/s1. The molecule has 0 spiro atoms. The number of β-lactam (4-membered cyclic amide) rings is 1. The molecule has 1 aromatic rings. The number of amides is 1. The van der Waals surface area contributed by atoms with Gasteiger partial charge in [-0.1, -0.05) is 0 Å². The zero-order chi connectivity index (χ0) is 17.6. The van der Waals surface area contributed by atoms with Gasteiger partial charge in [0, 0.05) is 36.1 Å². The van der Waals surface area contributed by atoms with Crippen LogP contribution >= 0.6 is 11.8 Å². The molecule has 0 radical (unpaired) electrons. The normalized spacial score (nSPS) is 24.0. The Bertz CT molecular complexity index is 744. The summed E-state index contributed by atoms with van der Waals surface area (Å²) < 4.78 is 2.01. The third kappa shape index (κ3) is 2.71. The number of aliphatic carboxylic acids is 1. The monoisotopic (exact) mass is 348 g/mol. The Kier molecular flexibility index (Phi) is 4.40. The topological polar surface area (TPSA) is 84.5 Å². The number of nitrogens with zero attached hydrogens (tertiary/aromatic N) is 2. The minimum Gasteiger partial charge on any atom is -0.543 e. The number of hydrogen-bond donors (Lipinski definition) is 1. The van der Waals surface area contributed by atoms with Gasteiger partial charge in [-0.25, -0.2) is 4.57 Å². The lowest BCUT2D eigenvalue weighted by Gasteiger charge is -2.45. The van der Waals surface area contributed by atoms with Crippen LogP contribution in [0.25, 0.3) is 0 Å². The van der Waals surface area contributed by atoms with Crippen molar-refractivity contribution in [2.75, 3.05) is 0 Å². The number of carboxylic acid groups (broad SMARTS) is 1. The highest BCUT2D eigenvalue weighted by Gasteiger charge is 2.55. The molecular formula is C17H20N2O4S. The van der Waals surface area contributed by atoms with Crippen LogP contribution in [0, 0.1) is 12.8 Å². The third-order valence-electron chi connectivity index (χ3n) is 4.76. The lowest BCUT2D eigenvalue weighted by molar-refractivity contribution is -0.677. The van der Waals surface area contributed by atoms with E-state index >= 15 is 0 Å². The first-order chi connectivity index (χ1) is 11.3. The van der Waals surface area contributed by atoms with Crippen LogP contribution in [-0.2, 0) is 22.4 Å². The Morgan fingerprint density at radius 3 is 2.88 bits per heavy atom. The van der Waals surface area contributed by atoms with E-state index in [4.69, 9.17) is 0 Å². The van der Waals surface area contributed by atoms with E-state index < -0.39 is 18.0 Å². The Hall–Kier alpha value is -1.86. The van der Waals surface area contributed by atoms with Crippen LogP contribution in [0.1, 0.15) is 24.6 Å². The van der Waals surface area contributed by atoms with E-state index in [1.807, 2.05) is 30.8 Å². The van der Waals surface area contributed by atoms with Crippen molar-refractivity contribution in [1.82, 2.24) is 4.90 Å². The molecule has 1 fully saturated rings. The second-order valence-electron chi connectivity index (χ2n) is 6.38. The molecule has 0 saturated carbocycles. The maximum Gasteiger partial charge on any atom is 0.235 e. The van der Waals surface area contributed by atoms with Crippen LogP contribution < -0.4 is 9.67 Å². The second-order valence-corrected chi connectivity index (χ2v) is 7.45. The summed E-state index contributed by atoms with van der Waals surface area (Å²) in [6, 6.07) is 3.79. The quantitative estimate of drug-likeness (QED) is 0.580. The lowest BCUT2D eigenvalue weighted by Crippen LogP contribution is -2.62. The summed E-state index contributed by atoms with van der Waals surface area (Å²) in [7, 11) is 1.97. The summed E-state index contributed by atoms with van der Waals surface area (Å²) in [5.74, 6) is -1.54. The van der Waals surface area contributed by atoms with E-state index in [0.29, 0.717) is 17.1 Å². The van der Waals surface area contributed by atoms with Gasteiger partial charge in [-0.3, -0.25) is 4.79 Å². The molecule has 6 nitrogen and oxygen atoms in total. The Labute approximate surface area is 144 Å². The van der Waals surface area contributed by atoms with E-state index in [1.165, 1.54) is 16.7 Å². The van der Waals surface area contributed by atoms with Crippen molar-refractivity contribution in [1.29, 1.82) is 0 Å². The van der Waals surface area contributed by atoms with Gasteiger partial charge >= 0.3 is 0 Å². The highest BCUT2D eigenvalue weighted by Crippen LogP contribution is 2.47. The molecular weight excluding hydrogens is 328 g/mol. The van der Waals surface area contributed by atoms with Gasteiger partial charge in [0.25, 0.3) is 0 Å². The van der Waals surface area contributed by atoms with E-state index in [9.17, 15) is 19.8 Å². The Morgan fingerprint density at radius 1 is 1.58 bits per heavy atom. The van der Waals surface area contributed by atoms with Crippen LogP contribution in [0.4, 0.5) is 0 Å². The first-order valence-corrected chi connectivity index (χ1v) is 8.83. The highest BCUT2D eigenvalue weighted by molar-refractivity contribution is 8.02. The maximum absolute atomic E-state index is 12.1. The molecule has 0 aromatic carbocycles. The van der Waals surface area contributed by atoms with Gasteiger partial charge in [0.05, 0.1) is 29.7 Å². The van der Waals surface area contributed by atoms with Crippen molar-refractivity contribution in [2.24, 2.45) is 13.0 Å². The van der Waals surface area contributed by atoms with E-state index in [-0.39, 0.29) is 17.6 Å². The van der Waals surface area contributed by atoms with E-state index in [1.54, 1.807) is 6.92 Å². The van der Waals surface area contributed by atoms with Crippen LogP contribution in [0.3, 0.4) is 0 Å². The smallest absolute Gasteiger partial charge is 0.235 e. The second kappa shape index (κ2) is 6.22. The zero-order valence-corrected chi connectivity index (χ0v) is 14.7. The van der Waals surface area contributed by atoms with Gasteiger partial charge in [-0.2, -0.15) is 0 Å². The minimum atomic E-state index is -1.33. The largest absolute Gasteiger partial charge is 0.543 e. The number of aliphatic hydroxyl groups is 1. The molecule has 0 aliphatic carbocycles. The number of pyridine rings is 1. The molecule has 128 valence electrons. The number of thioether (sulfide) groups is 1. The average Bonchev–Trinajstić information content (AvgIpc) is 2.82. The van der Waals surface area contributed by atoms with Crippen LogP contribution in [-0.4, -0.2) is 34.0 Å². The van der Waals surface area contributed by atoms with Gasteiger partial charge in [0.1, 0.15) is 7.05 Å². The molecule has 1 N–H and O–H groups in total. The van der Waals surface area contributed by atoms with Crippen molar-refractivity contribution in [3.63, 3.8) is 0 Å². The van der Waals surface area contributed by atoms with Crippen LogP contribution in [0.15, 0.2) is 28.9 Å². The zero-order valence-electron chi connectivity index (χ0n) is 13.9. The van der Waals surface area contributed by atoms with Crippen molar-refractivity contribution in [3.05, 3.63) is 40.2 Å². The summed E-state index contributed by atoms with van der Waals surface area (Å²) in [6.07, 6.45) is 1.66. The maximum atomic E-state index is 12.1. The molecule has 0 unspecified atom stereocenters. The molecule has 1 saturated heterocycles. The van der Waals surface area contributed by atoms with Crippen molar-refractivity contribution >= 4 is 23.6 Å². The van der Waals surface area contributed by atoms with Crippen LogP contribution in [0.5, 0.6) is 0 Å². The minimum absolute atomic E-state index is 0.0230. The molecule has 2 aliphatic rings. The predicted octanol–water partition coefficient (Wildman–Crippen LogP) is -0.374. The number of carbonyl (C=O) groups is 2. The van der Waals surface area contributed by atoms with Crippen molar-refractivity contribution in [2.45, 2.75) is 38.2 Å². The molecule has 3 atom stereocenters. The van der Waals surface area contributed by atoms with Crippen molar-refractivity contribution < 1.29 is 24.4 Å². The molecule has 2 aliphatic heterocycles. The van der Waals surface area contributed by atoms with Gasteiger partial charge < -0.3 is 19.9 Å². The fraction of sp³-hybridized carbons (Fsp3) is 0.471. The first kappa shape index (κ1) is 17.0. The van der Waals surface area contributed by atoms with Crippen molar-refractivity contribution in [3.8, 4) is 0 Å². The summed E-state index contributed by atoms with van der Waals surface area (Å²) in [5.41, 5.74) is 2.18. The molecule has 0 bridgehead atoms. The molecule has 1 amide bonds. The number of carboxylic acids is 1. The molecule has 7 heteroatoms. The summed E-state index contributed by atoms with van der Waals surface area (Å²) in [6.45, 7) is 3.57. The third-order valence-corrected chi connectivity index (χ3v) is 5.94. The van der Waals surface area contributed by atoms with Crippen LogP contribution in [0.2, 0.25) is 0 Å². The van der Waals surface area contributed by atoms with Gasteiger partial charge in [0.15, 0.2) is 11.9 Å². The first-order valence-electron chi connectivity index (χ1n) is 7.85. The average molecular weight is 348 g/mol. The fourth-order valence-electron chi connectivity index (χ4n) is 3.35. The van der Waals surface area contributed by atoms with E-state index in [2.05, 4.69) is 6.07 Å². The Balaban J connectivity index is 1.78. The van der Waals surface area contributed by atoms with Gasteiger partial charge in [-0.05, 0) is 12.5 Å². The number of aryl methyl sites for hydroxylation is 2. The predicted molar refractivity (Wildman–Crippen MR) is 86.1 cm³/mol. The highest BCUT2D eigenvalue weighted by atomic mass is 32.2. The number of aromatic nitrogens is 1. The number of carbonyl (C=O) groups excluding carboxylic acids is 2. The van der Waals surface area contributed by atoms with E-state index in [0.717, 1.165) is 11.3 Å². The number of aliphatic hydroxyl groups excluding tert-OH is 1. The SMILES string of the molecule is Cc1cc(CSC2=C(C(=O)[O-])N3C(=O)[C@H]([C@@H](C)O)[C@H]3C2)cc[n+]1C. The Morgan fingerprint density at radius 2 is 2.29 bits per heavy atom. The summed E-state index contributed by atoms with van der Waals surface area (Å²) >= 11 is 1.43. The molecule has 1 aromatic heterocycles. The number of fused-ring (bicyclic) bond motifs is 1. The number of hydrogen-bond acceptors (Lipinski definition) is 5. The number of rotatable bonds is 5. The van der Waals surface area contributed by atoms with Gasteiger partial charge in [-0.15, -0.1) is 11.8 Å².